The van der Waals surface area contributed by atoms with Crippen LogP contribution in [0, 0.1) is 5.92 Å². The molecule has 0 saturated heterocycles. The van der Waals surface area contributed by atoms with Gasteiger partial charge in [-0.3, -0.25) is 14.3 Å². The van der Waals surface area contributed by atoms with E-state index < -0.39 is 11.9 Å². The highest BCUT2D eigenvalue weighted by molar-refractivity contribution is 5.93. The van der Waals surface area contributed by atoms with Crippen LogP contribution in [0.25, 0.3) is 0 Å². The maximum atomic E-state index is 11.6. The number of hydrogen-bond donors (Lipinski definition) is 1. The first-order chi connectivity index (χ1) is 7.52. The summed E-state index contributed by atoms with van der Waals surface area (Å²) in [5, 5.41) is 6.61. The molecular weight excluding hydrogens is 210 g/mol. The Kier molecular flexibility index (Phi) is 4.04. The van der Waals surface area contributed by atoms with E-state index in [9.17, 15) is 9.59 Å². The van der Waals surface area contributed by atoms with E-state index in [1.54, 1.807) is 30.9 Å². The van der Waals surface area contributed by atoms with E-state index >= 15 is 0 Å². The molecule has 0 saturated carbocycles. The van der Waals surface area contributed by atoms with E-state index in [2.05, 4.69) is 15.2 Å². The molecule has 0 aromatic carbocycles. The van der Waals surface area contributed by atoms with Gasteiger partial charge in [0.2, 0.25) is 5.91 Å². The monoisotopic (exact) mass is 225 g/mol. The minimum Gasteiger partial charge on any atom is -0.469 e. The van der Waals surface area contributed by atoms with Crippen LogP contribution in [0.4, 0.5) is 5.82 Å². The molecule has 88 valence electrons. The summed E-state index contributed by atoms with van der Waals surface area (Å²) in [6.45, 7) is 1.66. The molecule has 1 aromatic heterocycles. The van der Waals surface area contributed by atoms with E-state index in [1.807, 2.05) is 0 Å². The first kappa shape index (κ1) is 12.2. The molecule has 1 aromatic rings. The van der Waals surface area contributed by atoms with Crippen molar-refractivity contribution in [3.63, 3.8) is 0 Å². The van der Waals surface area contributed by atoms with Gasteiger partial charge >= 0.3 is 5.97 Å². The highest BCUT2D eigenvalue weighted by Crippen LogP contribution is 2.08. The van der Waals surface area contributed by atoms with Gasteiger partial charge in [-0.05, 0) is 0 Å². The summed E-state index contributed by atoms with van der Waals surface area (Å²) in [6, 6.07) is 1.68. The number of hydrogen-bond acceptors (Lipinski definition) is 4. The fourth-order valence-corrected chi connectivity index (χ4v) is 1.16. The zero-order valence-electron chi connectivity index (χ0n) is 9.56. The molecule has 6 nitrogen and oxygen atoms in total. The Labute approximate surface area is 93.6 Å². The Balaban J connectivity index is 2.49. The van der Waals surface area contributed by atoms with E-state index in [0.29, 0.717) is 5.82 Å². The number of anilines is 1. The van der Waals surface area contributed by atoms with Gasteiger partial charge < -0.3 is 10.1 Å². The average Bonchev–Trinajstić information content (AvgIpc) is 2.63. The summed E-state index contributed by atoms with van der Waals surface area (Å²) >= 11 is 0. The van der Waals surface area contributed by atoms with Crippen molar-refractivity contribution in [1.82, 2.24) is 9.78 Å². The third-order valence-corrected chi connectivity index (χ3v) is 2.11. The lowest BCUT2D eigenvalue weighted by molar-refractivity contribution is -0.143. The van der Waals surface area contributed by atoms with Crippen LogP contribution in [0.15, 0.2) is 12.3 Å². The molecule has 0 fully saturated rings. The van der Waals surface area contributed by atoms with Gasteiger partial charge in [-0.15, -0.1) is 0 Å². The Morgan fingerprint density at radius 2 is 2.31 bits per heavy atom. The minimum atomic E-state index is -0.436. The first-order valence-electron chi connectivity index (χ1n) is 4.90. The van der Waals surface area contributed by atoms with Gasteiger partial charge in [-0.25, -0.2) is 0 Å². The van der Waals surface area contributed by atoms with Crippen molar-refractivity contribution in [3.8, 4) is 0 Å². The summed E-state index contributed by atoms with van der Waals surface area (Å²) in [5.41, 5.74) is 0. The molecule has 6 heteroatoms. The second-order valence-corrected chi connectivity index (χ2v) is 3.55. The smallest absolute Gasteiger partial charge is 0.306 e. The third kappa shape index (κ3) is 3.38. The second-order valence-electron chi connectivity index (χ2n) is 3.55. The van der Waals surface area contributed by atoms with Crippen molar-refractivity contribution in [1.29, 1.82) is 0 Å². The number of esters is 1. The quantitative estimate of drug-likeness (QED) is 0.760. The molecule has 0 aliphatic carbocycles. The van der Waals surface area contributed by atoms with Gasteiger partial charge in [0.05, 0.1) is 13.5 Å². The first-order valence-corrected chi connectivity index (χ1v) is 4.90. The molecule has 0 aliphatic rings. The SMILES string of the molecule is COC(=O)C[C@@H](C)C(=O)Nc1ccn(C)n1. The molecule has 0 bridgehead atoms. The van der Waals surface area contributed by atoms with E-state index in [1.165, 1.54) is 7.11 Å². The van der Waals surface area contributed by atoms with E-state index in [-0.39, 0.29) is 12.3 Å². The van der Waals surface area contributed by atoms with Gasteiger partial charge in [0.15, 0.2) is 5.82 Å². The lowest BCUT2D eigenvalue weighted by Gasteiger charge is -2.08. The topological polar surface area (TPSA) is 73.2 Å². The van der Waals surface area contributed by atoms with E-state index in [4.69, 9.17) is 0 Å². The van der Waals surface area contributed by atoms with Gasteiger partial charge in [-0.1, -0.05) is 6.92 Å². The van der Waals surface area contributed by atoms with Crippen LogP contribution in [0.2, 0.25) is 0 Å². The van der Waals surface area contributed by atoms with Crippen molar-refractivity contribution in [2.24, 2.45) is 13.0 Å². The van der Waals surface area contributed by atoms with Crippen LogP contribution in [0.3, 0.4) is 0 Å². The summed E-state index contributed by atoms with van der Waals surface area (Å²) in [6.07, 6.45) is 1.79. The number of rotatable bonds is 4. The normalized spacial score (nSPS) is 11.9. The fourth-order valence-electron chi connectivity index (χ4n) is 1.16. The van der Waals surface area contributed by atoms with Crippen molar-refractivity contribution in [3.05, 3.63) is 12.3 Å². The minimum absolute atomic E-state index is 0.0646. The number of nitrogens with zero attached hydrogens (tertiary/aromatic N) is 2. The number of methoxy groups -OCH3 is 1. The number of ether oxygens (including phenoxy) is 1. The molecule has 1 N–H and O–H groups in total. The van der Waals surface area contributed by atoms with Crippen molar-refractivity contribution in [2.75, 3.05) is 12.4 Å². The molecule has 1 amide bonds. The lowest BCUT2D eigenvalue weighted by Crippen LogP contribution is -2.23. The number of carbonyl (C=O) groups is 2. The Morgan fingerprint density at radius 3 is 2.81 bits per heavy atom. The Bertz CT molecular complexity index is 386. The zero-order chi connectivity index (χ0) is 12.1. The van der Waals surface area contributed by atoms with Crippen LogP contribution in [0.5, 0.6) is 0 Å². The predicted molar refractivity (Wildman–Crippen MR) is 57.6 cm³/mol. The van der Waals surface area contributed by atoms with Gasteiger partial charge in [0.1, 0.15) is 0 Å². The number of nitrogens with one attached hydrogen (secondary N) is 1. The fraction of sp³-hybridized carbons (Fsp3) is 0.500. The standard InChI is InChI=1S/C10H15N3O3/c1-7(6-9(14)16-3)10(15)11-8-4-5-13(2)12-8/h4-5,7H,6H2,1-3H3,(H,11,12,15)/t7-/m1/s1. The summed E-state index contributed by atoms with van der Waals surface area (Å²) < 4.78 is 6.07. The van der Waals surface area contributed by atoms with E-state index in [0.717, 1.165) is 0 Å². The summed E-state index contributed by atoms with van der Waals surface area (Å²) in [5.74, 6) is -0.605. The molecule has 0 unspecified atom stereocenters. The Hall–Kier alpha value is -1.85. The molecule has 0 radical (unpaired) electrons. The van der Waals surface area contributed by atoms with Gasteiger partial charge in [-0.2, -0.15) is 5.10 Å². The molecule has 0 spiro atoms. The summed E-state index contributed by atoms with van der Waals surface area (Å²) in [4.78, 5) is 22.6. The molecule has 16 heavy (non-hydrogen) atoms. The summed E-state index contributed by atoms with van der Waals surface area (Å²) in [7, 11) is 3.05. The highest BCUT2D eigenvalue weighted by atomic mass is 16.5. The molecule has 0 aliphatic heterocycles. The maximum absolute atomic E-state index is 11.6. The Morgan fingerprint density at radius 1 is 1.62 bits per heavy atom. The largest absolute Gasteiger partial charge is 0.469 e. The second kappa shape index (κ2) is 5.29. The van der Waals surface area contributed by atoms with Gasteiger partial charge in [0, 0.05) is 25.2 Å². The van der Waals surface area contributed by atoms with Crippen LogP contribution in [0.1, 0.15) is 13.3 Å². The van der Waals surface area contributed by atoms with Gasteiger partial charge in [0.25, 0.3) is 0 Å². The number of aryl methyl sites for hydroxylation is 1. The van der Waals surface area contributed by atoms with Crippen LogP contribution in [-0.2, 0) is 21.4 Å². The molecular formula is C10H15N3O3. The van der Waals surface area contributed by atoms with Crippen LogP contribution >= 0.6 is 0 Å². The zero-order valence-corrected chi connectivity index (χ0v) is 9.56. The van der Waals surface area contributed by atoms with Crippen molar-refractivity contribution in [2.45, 2.75) is 13.3 Å². The molecule has 1 atom stereocenters. The average molecular weight is 225 g/mol. The predicted octanol–water partition coefficient (Wildman–Crippen LogP) is 0.558. The van der Waals surface area contributed by atoms with Crippen LogP contribution < -0.4 is 5.32 Å². The molecule has 1 rings (SSSR count). The molecule has 1 heterocycles. The lowest BCUT2D eigenvalue weighted by atomic mass is 10.1. The van der Waals surface area contributed by atoms with Crippen LogP contribution in [-0.4, -0.2) is 28.8 Å². The maximum Gasteiger partial charge on any atom is 0.306 e. The highest BCUT2D eigenvalue weighted by Gasteiger charge is 2.17. The van der Waals surface area contributed by atoms with Crippen molar-refractivity contribution >= 4 is 17.7 Å². The third-order valence-electron chi connectivity index (χ3n) is 2.11. The van der Waals surface area contributed by atoms with Crippen molar-refractivity contribution < 1.29 is 14.3 Å². The number of aromatic nitrogens is 2. The number of amides is 1. The number of carbonyl (C=O) groups excluding carboxylic acids is 2.